The third-order valence-corrected chi connectivity index (χ3v) is 3.45. The van der Waals surface area contributed by atoms with Crippen molar-refractivity contribution in [2.75, 3.05) is 11.9 Å². The number of rotatable bonds is 4. The van der Waals surface area contributed by atoms with Crippen LogP contribution in [0.4, 0.5) is 10.1 Å². The molecule has 0 radical (unpaired) electrons. The number of fused-ring (bicyclic) bond motifs is 1. The van der Waals surface area contributed by atoms with Crippen LogP contribution in [-0.4, -0.2) is 28.7 Å². The number of esters is 1. The summed E-state index contributed by atoms with van der Waals surface area (Å²) in [5.74, 6) is -1.70. The molecule has 0 spiro atoms. The Balaban J connectivity index is 1.61. The zero-order valence-corrected chi connectivity index (χ0v) is 12.8. The lowest BCUT2D eigenvalue weighted by Crippen LogP contribution is -2.21. The second-order valence-electron chi connectivity index (χ2n) is 5.21. The number of hydrogen-bond acceptors (Lipinski definition) is 4. The highest BCUT2D eigenvalue weighted by atomic mass is 19.1. The molecule has 1 amide bonds. The molecule has 0 atom stereocenters. The number of aromatic amines is 1. The van der Waals surface area contributed by atoms with Gasteiger partial charge in [0.1, 0.15) is 5.82 Å². The van der Waals surface area contributed by atoms with Crippen molar-refractivity contribution in [1.82, 2.24) is 10.2 Å². The lowest BCUT2D eigenvalue weighted by atomic mass is 10.2. The number of nitrogens with one attached hydrogen (secondary N) is 2. The van der Waals surface area contributed by atoms with Crippen molar-refractivity contribution in [1.29, 1.82) is 0 Å². The monoisotopic (exact) mass is 327 g/mol. The molecule has 24 heavy (non-hydrogen) atoms. The lowest BCUT2D eigenvalue weighted by molar-refractivity contribution is -0.119. The highest BCUT2D eigenvalue weighted by molar-refractivity contribution is 6.03. The van der Waals surface area contributed by atoms with E-state index in [1.807, 2.05) is 6.07 Å². The van der Waals surface area contributed by atoms with E-state index in [9.17, 15) is 14.0 Å². The quantitative estimate of drug-likeness (QED) is 0.722. The Morgan fingerprint density at radius 2 is 2.04 bits per heavy atom. The van der Waals surface area contributed by atoms with Crippen LogP contribution in [-0.2, 0) is 9.53 Å². The van der Waals surface area contributed by atoms with Crippen LogP contribution in [0, 0.1) is 12.7 Å². The van der Waals surface area contributed by atoms with E-state index in [1.54, 1.807) is 37.3 Å². The minimum absolute atomic E-state index is 0.111. The van der Waals surface area contributed by atoms with Gasteiger partial charge in [0.25, 0.3) is 5.91 Å². The Kier molecular flexibility index (Phi) is 4.24. The van der Waals surface area contributed by atoms with Gasteiger partial charge in [0.05, 0.1) is 5.52 Å². The molecule has 2 aromatic carbocycles. The van der Waals surface area contributed by atoms with Gasteiger partial charge < -0.3 is 10.1 Å². The van der Waals surface area contributed by atoms with Crippen molar-refractivity contribution >= 4 is 28.5 Å². The molecule has 2 N–H and O–H groups in total. The van der Waals surface area contributed by atoms with Crippen LogP contribution < -0.4 is 5.32 Å². The van der Waals surface area contributed by atoms with E-state index in [-0.39, 0.29) is 5.69 Å². The number of aryl methyl sites for hydroxylation is 1. The molecule has 0 aliphatic carbocycles. The van der Waals surface area contributed by atoms with Gasteiger partial charge in [-0.15, -0.1) is 0 Å². The number of amides is 1. The minimum atomic E-state index is -0.710. The Bertz CT molecular complexity index is 920. The Morgan fingerprint density at radius 1 is 1.25 bits per heavy atom. The first-order chi connectivity index (χ1) is 11.5. The Hall–Kier alpha value is -3.22. The summed E-state index contributed by atoms with van der Waals surface area (Å²) in [5, 5.41) is 9.69. The number of para-hydroxylation sites is 1. The summed E-state index contributed by atoms with van der Waals surface area (Å²) in [7, 11) is 0. The van der Waals surface area contributed by atoms with Gasteiger partial charge in [0, 0.05) is 11.1 Å². The van der Waals surface area contributed by atoms with E-state index >= 15 is 0 Å². The maximum absolute atomic E-state index is 13.4. The standard InChI is InChI=1S/C17H14FN3O3/c1-10-6-7-11(8-13(10)18)19-15(22)9-24-17(23)16-12-4-2-3-5-14(12)20-21-16/h2-8H,9H2,1H3,(H,19,22)(H,20,21). The van der Waals surface area contributed by atoms with E-state index in [2.05, 4.69) is 15.5 Å². The number of hydrogen-bond donors (Lipinski definition) is 2. The molecule has 6 nitrogen and oxygen atoms in total. The fraction of sp³-hybridized carbons (Fsp3) is 0.118. The van der Waals surface area contributed by atoms with E-state index in [1.165, 1.54) is 6.07 Å². The lowest BCUT2D eigenvalue weighted by Gasteiger charge is -2.07. The fourth-order valence-electron chi connectivity index (χ4n) is 2.19. The van der Waals surface area contributed by atoms with Crippen LogP contribution in [0.5, 0.6) is 0 Å². The van der Waals surface area contributed by atoms with Crippen molar-refractivity contribution < 1.29 is 18.7 Å². The predicted molar refractivity (Wildman–Crippen MR) is 86.1 cm³/mol. The number of benzene rings is 2. The molecular formula is C17H14FN3O3. The molecule has 0 saturated heterocycles. The molecule has 0 fully saturated rings. The molecule has 3 aromatic rings. The van der Waals surface area contributed by atoms with E-state index < -0.39 is 24.3 Å². The van der Waals surface area contributed by atoms with E-state index in [4.69, 9.17) is 4.74 Å². The number of carbonyl (C=O) groups is 2. The summed E-state index contributed by atoms with van der Waals surface area (Å²) in [6.45, 7) is 1.13. The van der Waals surface area contributed by atoms with E-state index in [0.29, 0.717) is 22.2 Å². The molecular weight excluding hydrogens is 313 g/mol. The summed E-state index contributed by atoms with van der Waals surface area (Å²) in [6, 6.07) is 11.4. The van der Waals surface area contributed by atoms with E-state index in [0.717, 1.165) is 0 Å². The van der Waals surface area contributed by atoms with Gasteiger partial charge in [0.2, 0.25) is 0 Å². The minimum Gasteiger partial charge on any atom is -0.451 e. The molecule has 0 unspecified atom stereocenters. The molecule has 3 rings (SSSR count). The van der Waals surface area contributed by atoms with Gasteiger partial charge in [-0.2, -0.15) is 5.10 Å². The smallest absolute Gasteiger partial charge is 0.359 e. The van der Waals surface area contributed by atoms with Gasteiger partial charge in [-0.25, -0.2) is 9.18 Å². The van der Waals surface area contributed by atoms with Gasteiger partial charge in [0.15, 0.2) is 12.3 Å². The normalized spacial score (nSPS) is 10.6. The van der Waals surface area contributed by atoms with Crippen molar-refractivity contribution in [2.45, 2.75) is 6.92 Å². The first kappa shape index (κ1) is 15.7. The van der Waals surface area contributed by atoms with Gasteiger partial charge >= 0.3 is 5.97 Å². The zero-order chi connectivity index (χ0) is 17.1. The summed E-state index contributed by atoms with van der Waals surface area (Å²) in [4.78, 5) is 23.8. The highest BCUT2D eigenvalue weighted by Crippen LogP contribution is 2.16. The van der Waals surface area contributed by atoms with Gasteiger partial charge in [-0.1, -0.05) is 24.3 Å². The van der Waals surface area contributed by atoms with Crippen LogP contribution >= 0.6 is 0 Å². The first-order valence-corrected chi connectivity index (χ1v) is 7.21. The summed E-state index contributed by atoms with van der Waals surface area (Å²) >= 11 is 0. The molecule has 7 heteroatoms. The number of ether oxygens (including phenoxy) is 1. The number of aromatic nitrogens is 2. The Morgan fingerprint density at radius 3 is 2.83 bits per heavy atom. The van der Waals surface area contributed by atoms with Crippen molar-refractivity contribution in [3.8, 4) is 0 Å². The largest absolute Gasteiger partial charge is 0.451 e. The third kappa shape index (κ3) is 3.24. The first-order valence-electron chi connectivity index (χ1n) is 7.21. The second kappa shape index (κ2) is 6.49. The van der Waals surface area contributed by atoms with Crippen molar-refractivity contribution in [3.05, 3.63) is 59.5 Å². The number of nitrogens with zero attached hydrogens (tertiary/aromatic N) is 1. The molecule has 0 bridgehead atoms. The van der Waals surface area contributed by atoms with Crippen LogP contribution in [0.2, 0.25) is 0 Å². The van der Waals surface area contributed by atoms with Gasteiger partial charge in [-0.05, 0) is 30.7 Å². The SMILES string of the molecule is Cc1ccc(NC(=O)COC(=O)c2n[nH]c3ccccc23)cc1F. The third-order valence-electron chi connectivity index (χ3n) is 3.45. The highest BCUT2D eigenvalue weighted by Gasteiger charge is 2.16. The molecule has 0 aliphatic rings. The number of carbonyl (C=O) groups excluding carboxylic acids is 2. The number of anilines is 1. The molecule has 1 heterocycles. The summed E-state index contributed by atoms with van der Waals surface area (Å²) in [6.07, 6.45) is 0. The maximum atomic E-state index is 13.4. The summed E-state index contributed by atoms with van der Waals surface area (Å²) < 4.78 is 18.4. The second-order valence-corrected chi connectivity index (χ2v) is 5.21. The van der Waals surface area contributed by atoms with Crippen LogP contribution in [0.15, 0.2) is 42.5 Å². The molecule has 1 aromatic heterocycles. The topological polar surface area (TPSA) is 84.1 Å². The average molecular weight is 327 g/mol. The van der Waals surface area contributed by atoms with Gasteiger partial charge in [-0.3, -0.25) is 9.89 Å². The van der Waals surface area contributed by atoms with Crippen LogP contribution in [0.25, 0.3) is 10.9 Å². The van der Waals surface area contributed by atoms with Crippen molar-refractivity contribution in [2.24, 2.45) is 0 Å². The molecule has 0 saturated carbocycles. The van der Waals surface area contributed by atoms with Crippen LogP contribution in [0.1, 0.15) is 16.1 Å². The fourth-order valence-corrected chi connectivity index (χ4v) is 2.19. The molecule has 122 valence electrons. The number of H-pyrrole nitrogens is 1. The van der Waals surface area contributed by atoms with Crippen molar-refractivity contribution in [3.63, 3.8) is 0 Å². The zero-order valence-electron chi connectivity index (χ0n) is 12.8. The Labute approximate surface area is 136 Å². The average Bonchev–Trinajstić information content (AvgIpc) is 3.00. The summed E-state index contributed by atoms with van der Waals surface area (Å²) in [5.41, 5.74) is 1.58. The molecule has 0 aliphatic heterocycles. The van der Waals surface area contributed by atoms with Crippen LogP contribution in [0.3, 0.4) is 0 Å². The maximum Gasteiger partial charge on any atom is 0.359 e. The number of halogens is 1. The predicted octanol–water partition coefficient (Wildman–Crippen LogP) is 2.81.